The quantitative estimate of drug-likeness (QED) is 0.793. The van der Waals surface area contributed by atoms with Crippen LogP contribution in [0.25, 0.3) is 0 Å². The van der Waals surface area contributed by atoms with Gasteiger partial charge >= 0.3 is 0 Å². The van der Waals surface area contributed by atoms with Crippen LogP contribution in [-0.4, -0.2) is 18.3 Å². The van der Waals surface area contributed by atoms with Crippen molar-refractivity contribution in [3.05, 3.63) is 58.3 Å². The molecule has 0 amide bonds. The second-order valence-corrected chi connectivity index (χ2v) is 5.42. The molecule has 0 aliphatic heterocycles. The van der Waals surface area contributed by atoms with E-state index >= 15 is 0 Å². The van der Waals surface area contributed by atoms with Gasteiger partial charge in [-0.3, -0.25) is 0 Å². The van der Waals surface area contributed by atoms with Crippen molar-refractivity contribution in [1.29, 1.82) is 0 Å². The molecule has 0 bridgehead atoms. The first-order valence-electron chi connectivity index (χ1n) is 6.55. The monoisotopic (exact) mass is 354 g/mol. The van der Waals surface area contributed by atoms with Gasteiger partial charge in [0, 0.05) is 10.0 Å². The molecular formula is C16H16BrFO3. The van der Waals surface area contributed by atoms with Crippen LogP contribution in [0.2, 0.25) is 0 Å². The summed E-state index contributed by atoms with van der Waals surface area (Å²) >= 11 is 3.35. The molecule has 0 spiro atoms. The van der Waals surface area contributed by atoms with Crippen LogP contribution in [0.3, 0.4) is 0 Å². The van der Waals surface area contributed by atoms with Gasteiger partial charge in [-0.2, -0.15) is 0 Å². The molecule has 0 heterocycles. The molecule has 3 nitrogen and oxygen atoms in total. The summed E-state index contributed by atoms with van der Waals surface area (Å²) in [5.74, 6) is 0.812. The van der Waals surface area contributed by atoms with Crippen LogP contribution in [0, 0.1) is 5.82 Å². The average Bonchev–Trinajstić information content (AvgIpc) is 2.46. The number of hydrogen-bond acceptors (Lipinski definition) is 3. The van der Waals surface area contributed by atoms with Crippen LogP contribution in [0.5, 0.6) is 11.5 Å². The van der Waals surface area contributed by atoms with Gasteiger partial charge in [0.2, 0.25) is 0 Å². The number of aliphatic hydroxyl groups is 1. The van der Waals surface area contributed by atoms with Crippen LogP contribution < -0.4 is 9.47 Å². The van der Waals surface area contributed by atoms with E-state index in [1.54, 1.807) is 6.92 Å². The summed E-state index contributed by atoms with van der Waals surface area (Å²) in [6.07, 6.45) is -0.789. The van der Waals surface area contributed by atoms with E-state index in [0.29, 0.717) is 24.5 Å². The summed E-state index contributed by atoms with van der Waals surface area (Å²) in [6.45, 7) is 2.24. The highest BCUT2D eigenvalue weighted by atomic mass is 79.9. The maximum Gasteiger partial charge on any atom is 0.125 e. The Morgan fingerprint density at radius 1 is 1.10 bits per heavy atom. The number of hydrogen-bond donors (Lipinski definition) is 1. The van der Waals surface area contributed by atoms with Crippen LogP contribution >= 0.6 is 15.9 Å². The Bertz CT molecular complexity index is 585. The molecule has 2 aromatic carbocycles. The molecule has 0 aromatic heterocycles. The summed E-state index contributed by atoms with van der Waals surface area (Å²) < 4.78 is 25.2. The Balaban J connectivity index is 1.87. The van der Waals surface area contributed by atoms with Crippen LogP contribution in [-0.2, 0) is 0 Å². The second-order valence-electron chi connectivity index (χ2n) is 4.51. The Labute approximate surface area is 131 Å². The lowest BCUT2D eigenvalue weighted by Crippen LogP contribution is -2.10. The number of aliphatic hydroxyl groups excluding tert-OH is 1. The highest BCUT2D eigenvalue weighted by Crippen LogP contribution is 2.26. The summed E-state index contributed by atoms with van der Waals surface area (Å²) in [5.41, 5.74) is 0.429. The molecule has 2 aromatic rings. The maximum atomic E-state index is 13.2. The predicted molar refractivity (Wildman–Crippen MR) is 82.2 cm³/mol. The van der Waals surface area contributed by atoms with E-state index in [2.05, 4.69) is 15.9 Å². The van der Waals surface area contributed by atoms with Gasteiger partial charge in [-0.1, -0.05) is 15.9 Å². The fourth-order valence-electron chi connectivity index (χ4n) is 1.82. The molecule has 5 heteroatoms. The maximum absolute atomic E-state index is 13.2. The Hall–Kier alpha value is -1.59. The van der Waals surface area contributed by atoms with Gasteiger partial charge in [-0.25, -0.2) is 4.39 Å². The van der Waals surface area contributed by atoms with Gasteiger partial charge in [-0.15, -0.1) is 0 Å². The third-order valence-corrected chi connectivity index (χ3v) is 3.37. The third-order valence-electron chi connectivity index (χ3n) is 2.85. The van der Waals surface area contributed by atoms with Crippen LogP contribution in [0.15, 0.2) is 46.9 Å². The number of rotatable bonds is 6. The molecule has 0 saturated heterocycles. The third kappa shape index (κ3) is 4.72. The van der Waals surface area contributed by atoms with Crippen molar-refractivity contribution in [3.63, 3.8) is 0 Å². The van der Waals surface area contributed by atoms with E-state index < -0.39 is 11.9 Å². The smallest absolute Gasteiger partial charge is 0.125 e. The van der Waals surface area contributed by atoms with Gasteiger partial charge in [0.05, 0.1) is 6.10 Å². The second kappa shape index (κ2) is 7.43. The largest absolute Gasteiger partial charge is 0.490 e. The fourth-order valence-corrected chi connectivity index (χ4v) is 2.08. The summed E-state index contributed by atoms with van der Waals surface area (Å²) in [5, 5.41) is 9.61. The van der Waals surface area contributed by atoms with Gasteiger partial charge in [0.15, 0.2) is 0 Å². The van der Waals surface area contributed by atoms with Crippen molar-refractivity contribution in [3.8, 4) is 11.5 Å². The first-order valence-corrected chi connectivity index (χ1v) is 7.34. The SMILES string of the molecule is CC(O)c1cc(F)ccc1OCCOc1ccc(Br)cc1. The van der Waals surface area contributed by atoms with E-state index in [9.17, 15) is 9.50 Å². The molecule has 0 radical (unpaired) electrons. The van der Waals surface area contributed by atoms with E-state index in [1.807, 2.05) is 24.3 Å². The zero-order chi connectivity index (χ0) is 15.2. The topological polar surface area (TPSA) is 38.7 Å². The molecule has 21 heavy (non-hydrogen) atoms. The number of ether oxygens (including phenoxy) is 2. The molecule has 1 unspecified atom stereocenters. The van der Waals surface area contributed by atoms with Gasteiger partial charge in [-0.05, 0) is 49.4 Å². The highest BCUT2D eigenvalue weighted by Gasteiger charge is 2.10. The van der Waals surface area contributed by atoms with E-state index in [4.69, 9.17) is 9.47 Å². The Kier molecular flexibility index (Phi) is 5.59. The van der Waals surface area contributed by atoms with Crippen molar-refractivity contribution < 1.29 is 19.0 Å². The first kappa shape index (κ1) is 15.8. The zero-order valence-corrected chi connectivity index (χ0v) is 13.1. The van der Waals surface area contributed by atoms with Crippen molar-refractivity contribution >= 4 is 15.9 Å². The van der Waals surface area contributed by atoms with Gasteiger partial charge in [0.25, 0.3) is 0 Å². The lowest BCUT2D eigenvalue weighted by molar-refractivity contribution is 0.181. The lowest BCUT2D eigenvalue weighted by atomic mass is 10.1. The normalized spacial score (nSPS) is 12.0. The predicted octanol–water partition coefficient (Wildman–Crippen LogP) is 4.10. The van der Waals surface area contributed by atoms with Gasteiger partial charge in [0.1, 0.15) is 30.5 Å². The minimum absolute atomic E-state index is 0.307. The molecule has 0 aliphatic carbocycles. The molecule has 112 valence electrons. The molecule has 0 fully saturated rings. The minimum atomic E-state index is -0.789. The number of halogens is 2. The zero-order valence-electron chi connectivity index (χ0n) is 11.6. The first-order chi connectivity index (χ1) is 10.1. The van der Waals surface area contributed by atoms with Crippen LogP contribution in [0.1, 0.15) is 18.6 Å². The highest BCUT2D eigenvalue weighted by molar-refractivity contribution is 9.10. The summed E-state index contributed by atoms with van der Waals surface area (Å²) in [6, 6.07) is 11.6. The fraction of sp³-hybridized carbons (Fsp3) is 0.250. The van der Waals surface area contributed by atoms with Crippen molar-refractivity contribution in [2.24, 2.45) is 0 Å². The number of benzene rings is 2. The van der Waals surface area contributed by atoms with Crippen molar-refractivity contribution in [1.82, 2.24) is 0 Å². The molecule has 0 saturated carbocycles. The molecule has 0 aliphatic rings. The summed E-state index contributed by atoms with van der Waals surface area (Å²) in [4.78, 5) is 0. The molecule has 1 atom stereocenters. The minimum Gasteiger partial charge on any atom is -0.490 e. The van der Waals surface area contributed by atoms with E-state index in [0.717, 1.165) is 10.2 Å². The van der Waals surface area contributed by atoms with Crippen molar-refractivity contribution in [2.75, 3.05) is 13.2 Å². The van der Waals surface area contributed by atoms with E-state index in [-0.39, 0.29) is 0 Å². The van der Waals surface area contributed by atoms with Crippen molar-refractivity contribution in [2.45, 2.75) is 13.0 Å². The lowest BCUT2D eigenvalue weighted by Gasteiger charge is -2.14. The standard InChI is InChI=1S/C16H16BrFO3/c1-11(19)15-10-13(18)4-7-16(15)21-9-8-20-14-5-2-12(17)3-6-14/h2-7,10-11,19H,8-9H2,1H3. The van der Waals surface area contributed by atoms with Crippen LogP contribution in [0.4, 0.5) is 4.39 Å². The average molecular weight is 355 g/mol. The Morgan fingerprint density at radius 2 is 1.76 bits per heavy atom. The van der Waals surface area contributed by atoms with Gasteiger partial charge < -0.3 is 14.6 Å². The molecular weight excluding hydrogens is 339 g/mol. The Morgan fingerprint density at radius 3 is 2.43 bits per heavy atom. The summed E-state index contributed by atoms with van der Waals surface area (Å²) in [7, 11) is 0. The molecule has 1 N–H and O–H groups in total. The van der Waals surface area contributed by atoms with E-state index in [1.165, 1.54) is 18.2 Å². The molecule has 2 rings (SSSR count).